The second-order valence-corrected chi connectivity index (χ2v) is 4.62. The fourth-order valence-electron chi connectivity index (χ4n) is 1.09. The van der Waals surface area contributed by atoms with Gasteiger partial charge < -0.3 is 20.0 Å². The normalized spacial score (nSPS) is 15.7. The van der Waals surface area contributed by atoms with Crippen molar-refractivity contribution in [1.29, 1.82) is 0 Å². The molecule has 0 aliphatic heterocycles. The van der Waals surface area contributed by atoms with E-state index < -0.39 is 18.9 Å². The Hall–Kier alpha value is -1.20. The molecule has 0 fully saturated rings. The topological polar surface area (TPSA) is 115 Å². The quantitative estimate of drug-likeness (QED) is 0.549. The molecule has 0 saturated carbocycles. The summed E-state index contributed by atoms with van der Waals surface area (Å²) in [6.07, 6.45) is 0. The zero-order valence-electron chi connectivity index (χ0n) is 7.44. The Morgan fingerprint density at radius 1 is 1.20 bits per heavy atom. The smallest absolute Gasteiger partial charge is 0.373 e. The summed E-state index contributed by atoms with van der Waals surface area (Å²) >= 11 is 0. The molecule has 0 aromatic heterocycles. The van der Waals surface area contributed by atoms with Crippen LogP contribution in [0.15, 0.2) is 30.3 Å². The van der Waals surface area contributed by atoms with Gasteiger partial charge in [-0.05, 0) is 0 Å². The van der Waals surface area contributed by atoms with Crippen LogP contribution in [-0.4, -0.2) is 26.0 Å². The number of aliphatic carboxylic acids is 1. The molecule has 0 aliphatic carbocycles. The number of hydrogen-bond donors (Lipinski definition) is 4. The summed E-state index contributed by atoms with van der Waals surface area (Å²) in [5.41, 5.74) is -0.356. The molecule has 6 nitrogen and oxygen atoms in total. The molecule has 4 N–H and O–H groups in total. The zero-order valence-corrected chi connectivity index (χ0v) is 8.33. The van der Waals surface area contributed by atoms with Gasteiger partial charge in [0, 0.05) is 5.56 Å². The first-order valence-corrected chi connectivity index (χ1v) is 5.48. The molecule has 1 rings (SSSR count). The lowest BCUT2D eigenvalue weighted by Gasteiger charge is -2.24. The van der Waals surface area contributed by atoms with E-state index in [0.29, 0.717) is 0 Å². The number of carboxylic acids is 1. The SMILES string of the molecule is O=C(O)C(O)(c1ccccc1)P(=O)(O)O. The highest BCUT2D eigenvalue weighted by Crippen LogP contribution is 2.55. The van der Waals surface area contributed by atoms with E-state index in [2.05, 4.69) is 0 Å². The Kier molecular flexibility index (Phi) is 2.97. The average molecular weight is 232 g/mol. The van der Waals surface area contributed by atoms with Crippen molar-refractivity contribution in [2.45, 2.75) is 5.34 Å². The molecule has 1 aromatic rings. The summed E-state index contributed by atoms with van der Waals surface area (Å²) in [6.45, 7) is 0. The zero-order chi connectivity index (χ0) is 11.7. The van der Waals surface area contributed by atoms with E-state index in [1.165, 1.54) is 18.2 Å². The van der Waals surface area contributed by atoms with Gasteiger partial charge in [0.2, 0.25) is 0 Å². The molecule has 0 spiro atoms. The first-order valence-electron chi connectivity index (χ1n) is 3.87. The Morgan fingerprint density at radius 3 is 2.00 bits per heavy atom. The third-order valence-electron chi connectivity index (χ3n) is 1.90. The van der Waals surface area contributed by atoms with Crippen LogP contribution in [0, 0.1) is 0 Å². The molecule has 7 heteroatoms. The van der Waals surface area contributed by atoms with Gasteiger partial charge >= 0.3 is 13.6 Å². The fraction of sp³-hybridized carbons (Fsp3) is 0.125. The molecule has 0 heterocycles. The van der Waals surface area contributed by atoms with Crippen molar-refractivity contribution in [3.8, 4) is 0 Å². The molecule has 1 aromatic carbocycles. The molecule has 0 radical (unpaired) electrons. The second kappa shape index (κ2) is 3.75. The van der Waals surface area contributed by atoms with E-state index in [-0.39, 0.29) is 5.56 Å². The van der Waals surface area contributed by atoms with Gasteiger partial charge in [0.15, 0.2) is 0 Å². The summed E-state index contributed by atoms with van der Waals surface area (Å²) in [5.74, 6) is -1.98. The largest absolute Gasteiger partial charge is 0.478 e. The number of rotatable bonds is 3. The molecule has 1 atom stereocenters. The summed E-state index contributed by atoms with van der Waals surface area (Å²) in [5, 5.41) is 15.0. The highest BCUT2D eigenvalue weighted by Gasteiger charge is 2.54. The van der Waals surface area contributed by atoms with Crippen molar-refractivity contribution in [1.82, 2.24) is 0 Å². The number of carboxylic acid groups (broad SMARTS) is 1. The van der Waals surface area contributed by atoms with E-state index in [4.69, 9.17) is 14.9 Å². The summed E-state index contributed by atoms with van der Waals surface area (Å²) in [4.78, 5) is 28.4. The highest BCUT2D eigenvalue weighted by molar-refractivity contribution is 7.54. The minimum Gasteiger partial charge on any atom is -0.478 e. The van der Waals surface area contributed by atoms with Gasteiger partial charge in [-0.1, -0.05) is 30.3 Å². The highest BCUT2D eigenvalue weighted by atomic mass is 31.2. The lowest BCUT2D eigenvalue weighted by atomic mass is 10.1. The van der Waals surface area contributed by atoms with Crippen molar-refractivity contribution in [3.05, 3.63) is 35.9 Å². The van der Waals surface area contributed by atoms with Gasteiger partial charge in [-0.2, -0.15) is 0 Å². The first-order chi connectivity index (χ1) is 6.80. The van der Waals surface area contributed by atoms with Crippen LogP contribution < -0.4 is 0 Å². The van der Waals surface area contributed by atoms with Gasteiger partial charge in [0.25, 0.3) is 5.34 Å². The third-order valence-corrected chi connectivity index (χ3v) is 3.19. The van der Waals surface area contributed by atoms with Gasteiger partial charge in [0.1, 0.15) is 0 Å². The number of hydrogen-bond acceptors (Lipinski definition) is 3. The Morgan fingerprint density at radius 2 is 1.67 bits per heavy atom. The lowest BCUT2D eigenvalue weighted by Crippen LogP contribution is -2.35. The molecule has 0 saturated heterocycles. The molecule has 0 bridgehead atoms. The Bertz CT molecular complexity index is 410. The summed E-state index contributed by atoms with van der Waals surface area (Å²) < 4.78 is 11.0. The predicted molar refractivity (Wildman–Crippen MR) is 50.0 cm³/mol. The van der Waals surface area contributed by atoms with Gasteiger partial charge in [0.05, 0.1) is 0 Å². The Balaban J connectivity index is 3.39. The van der Waals surface area contributed by atoms with Crippen LogP contribution in [0.25, 0.3) is 0 Å². The standard InChI is InChI=1S/C8H9O6P/c9-7(10)8(11,15(12,13)14)6-4-2-1-3-5-6/h1-5,11H,(H,9,10)(H2,12,13,14). The van der Waals surface area contributed by atoms with Crippen LogP contribution in [0.1, 0.15) is 5.56 Å². The van der Waals surface area contributed by atoms with Crippen LogP contribution in [0.2, 0.25) is 0 Å². The molecular weight excluding hydrogens is 223 g/mol. The van der Waals surface area contributed by atoms with Crippen molar-refractivity contribution >= 4 is 13.6 Å². The maximum Gasteiger partial charge on any atom is 0.373 e. The number of carbonyl (C=O) groups is 1. The van der Waals surface area contributed by atoms with Crippen molar-refractivity contribution in [2.75, 3.05) is 0 Å². The van der Waals surface area contributed by atoms with Gasteiger partial charge in [-0.25, -0.2) is 4.79 Å². The number of aliphatic hydroxyl groups is 1. The minimum absolute atomic E-state index is 0.356. The monoisotopic (exact) mass is 232 g/mol. The third kappa shape index (κ3) is 1.93. The van der Waals surface area contributed by atoms with Crippen LogP contribution in [-0.2, 0) is 14.7 Å². The predicted octanol–water partition coefficient (Wildman–Crippen LogP) is 0.0940. The van der Waals surface area contributed by atoms with E-state index in [1.54, 1.807) is 0 Å². The maximum absolute atomic E-state index is 11.0. The van der Waals surface area contributed by atoms with Crippen LogP contribution >= 0.6 is 7.60 Å². The second-order valence-electron chi connectivity index (χ2n) is 2.89. The molecule has 1 unspecified atom stereocenters. The summed E-state index contributed by atoms with van der Waals surface area (Å²) in [6, 6.07) is 6.55. The van der Waals surface area contributed by atoms with Gasteiger partial charge in [-0.3, -0.25) is 4.57 Å². The van der Waals surface area contributed by atoms with Crippen LogP contribution in [0.4, 0.5) is 0 Å². The molecule has 0 amide bonds. The molecular formula is C8H9O6P. The van der Waals surface area contributed by atoms with E-state index in [9.17, 15) is 14.5 Å². The van der Waals surface area contributed by atoms with E-state index >= 15 is 0 Å². The fourth-order valence-corrected chi connectivity index (χ4v) is 1.82. The summed E-state index contributed by atoms with van der Waals surface area (Å²) in [7, 11) is -5.21. The maximum atomic E-state index is 11.0. The molecule has 0 aliphatic rings. The van der Waals surface area contributed by atoms with Crippen LogP contribution in [0.5, 0.6) is 0 Å². The molecule has 82 valence electrons. The van der Waals surface area contributed by atoms with E-state index in [1.807, 2.05) is 0 Å². The Labute approximate surface area is 85.0 Å². The van der Waals surface area contributed by atoms with Crippen molar-refractivity contribution < 1.29 is 29.4 Å². The first kappa shape index (κ1) is 11.9. The minimum atomic E-state index is -5.21. The average Bonchev–Trinajstić information content (AvgIpc) is 2.16. The van der Waals surface area contributed by atoms with E-state index in [0.717, 1.165) is 12.1 Å². The lowest BCUT2D eigenvalue weighted by molar-refractivity contribution is -0.152. The van der Waals surface area contributed by atoms with Gasteiger partial charge in [-0.15, -0.1) is 0 Å². The van der Waals surface area contributed by atoms with Crippen LogP contribution in [0.3, 0.4) is 0 Å². The van der Waals surface area contributed by atoms with Crippen molar-refractivity contribution in [2.24, 2.45) is 0 Å². The number of benzene rings is 1. The molecule has 15 heavy (non-hydrogen) atoms. The van der Waals surface area contributed by atoms with Crippen molar-refractivity contribution in [3.63, 3.8) is 0 Å².